The van der Waals surface area contributed by atoms with Crippen molar-refractivity contribution >= 4 is 5.78 Å². The second-order valence-electron chi connectivity index (χ2n) is 2.85. The van der Waals surface area contributed by atoms with Gasteiger partial charge in [-0.05, 0) is 12.5 Å². The molecule has 0 aromatic carbocycles. The molecule has 0 amide bonds. The number of ketones is 1. The maximum absolute atomic E-state index is 12.6. The van der Waals surface area contributed by atoms with Crippen LogP contribution in [0.1, 0.15) is 13.3 Å². The predicted molar refractivity (Wildman–Crippen MR) is 40.3 cm³/mol. The highest BCUT2D eigenvalue weighted by Crippen LogP contribution is 2.31. The van der Waals surface area contributed by atoms with Crippen LogP contribution in [-0.4, -0.2) is 24.3 Å². The van der Waals surface area contributed by atoms with E-state index in [9.17, 15) is 26.7 Å². The standard InChI is InChI=1S/C8H9F5O/c1-4(2)5(14)3-6(9)8(12,13)7(10)11/h6-7H,1,3H2,2H3. The predicted octanol–water partition coefficient (Wildman–Crippen LogP) is 2.76. The van der Waals surface area contributed by atoms with E-state index in [1.165, 1.54) is 6.92 Å². The lowest BCUT2D eigenvalue weighted by Gasteiger charge is -2.18. The van der Waals surface area contributed by atoms with Crippen molar-refractivity contribution in [2.24, 2.45) is 0 Å². The number of hydrogen-bond acceptors (Lipinski definition) is 1. The van der Waals surface area contributed by atoms with Crippen LogP contribution in [0.5, 0.6) is 0 Å². The van der Waals surface area contributed by atoms with Crippen molar-refractivity contribution in [2.75, 3.05) is 0 Å². The lowest BCUT2D eigenvalue weighted by molar-refractivity contribution is -0.173. The van der Waals surface area contributed by atoms with Gasteiger partial charge in [-0.15, -0.1) is 0 Å². The van der Waals surface area contributed by atoms with E-state index in [2.05, 4.69) is 6.58 Å². The van der Waals surface area contributed by atoms with E-state index in [1.807, 2.05) is 0 Å². The molecule has 6 heteroatoms. The Morgan fingerprint density at radius 2 is 1.79 bits per heavy atom. The Morgan fingerprint density at radius 1 is 1.36 bits per heavy atom. The number of alkyl halides is 5. The van der Waals surface area contributed by atoms with Gasteiger partial charge in [0.2, 0.25) is 0 Å². The summed E-state index contributed by atoms with van der Waals surface area (Å²) in [5, 5.41) is 0. The van der Waals surface area contributed by atoms with Crippen LogP contribution in [-0.2, 0) is 4.79 Å². The molecule has 0 aliphatic carbocycles. The Kier molecular flexibility index (Phi) is 4.22. The molecule has 0 aliphatic heterocycles. The first-order valence-electron chi connectivity index (χ1n) is 3.68. The van der Waals surface area contributed by atoms with Gasteiger partial charge in [0.15, 0.2) is 12.0 Å². The molecule has 14 heavy (non-hydrogen) atoms. The minimum atomic E-state index is -4.79. The van der Waals surface area contributed by atoms with Gasteiger partial charge in [-0.25, -0.2) is 13.2 Å². The van der Waals surface area contributed by atoms with Crippen molar-refractivity contribution < 1.29 is 26.7 Å². The lowest BCUT2D eigenvalue weighted by Crippen LogP contribution is -2.38. The van der Waals surface area contributed by atoms with E-state index in [0.717, 1.165) is 0 Å². The van der Waals surface area contributed by atoms with Crippen molar-refractivity contribution in [1.29, 1.82) is 0 Å². The van der Waals surface area contributed by atoms with Crippen molar-refractivity contribution in [3.05, 3.63) is 12.2 Å². The highest BCUT2D eigenvalue weighted by atomic mass is 19.3. The first-order valence-corrected chi connectivity index (χ1v) is 3.68. The fourth-order valence-corrected chi connectivity index (χ4v) is 0.610. The number of halogens is 5. The molecule has 82 valence electrons. The van der Waals surface area contributed by atoms with Crippen molar-refractivity contribution in [3.63, 3.8) is 0 Å². The molecular formula is C8H9F5O. The van der Waals surface area contributed by atoms with E-state index in [0.29, 0.717) is 0 Å². The molecule has 0 radical (unpaired) electrons. The van der Waals surface area contributed by atoms with Crippen LogP contribution in [0.25, 0.3) is 0 Å². The monoisotopic (exact) mass is 216 g/mol. The summed E-state index contributed by atoms with van der Waals surface area (Å²) in [5.41, 5.74) is -0.141. The van der Waals surface area contributed by atoms with Gasteiger partial charge in [0.1, 0.15) is 0 Å². The summed E-state index contributed by atoms with van der Waals surface area (Å²) < 4.78 is 60.2. The van der Waals surface area contributed by atoms with E-state index in [4.69, 9.17) is 0 Å². The van der Waals surface area contributed by atoms with Gasteiger partial charge in [0.05, 0.1) is 0 Å². The number of carbonyl (C=O) groups is 1. The van der Waals surface area contributed by atoms with Crippen LogP contribution >= 0.6 is 0 Å². The number of rotatable bonds is 5. The van der Waals surface area contributed by atoms with E-state index in [-0.39, 0.29) is 5.57 Å². The van der Waals surface area contributed by atoms with Crippen LogP contribution in [0.2, 0.25) is 0 Å². The normalized spacial score (nSPS) is 14.2. The molecule has 0 saturated heterocycles. The van der Waals surface area contributed by atoms with Crippen LogP contribution < -0.4 is 0 Å². The number of carbonyl (C=O) groups excluding carboxylic acids is 1. The fourth-order valence-electron chi connectivity index (χ4n) is 0.610. The van der Waals surface area contributed by atoms with Gasteiger partial charge < -0.3 is 0 Å². The summed E-state index contributed by atoms with van der Waals surface area (Å²) in [6, 6.07) is 0. The summed E-state index contributed by atoms with van der Waals surface area (Å²) in [6.07, 6.45) is -8.56. The number of allylic oxidation sites excluding steroid dienone is 1. The van der Waals surface area contributed by atoms with Gasteiger partial charge in [0, 0.05) is 6.42 Å². The Labute approximate surface area is 77.6 Å². The third-order valence-electron chi connectivity index (χ3n) is 1.55. The molecule has 1 atom stereocenters. The topological polar surface area (TPSA) is 17.1 Å². The van der Waals surface area contributed by atoms with Gasteiger partial charge in [0.25, 0.3) is 0 Å². The highest BCUT2D eigenvalue weighted by molar-refractivity contribution is 5.94. The lowest BCUT2D eigenvalue weighted by atomic mass is 10.0. The Hall–Kier alpha value is -0.940. The van der Waals surface area contributed by atoms with Crippen LogP contribution in [0.4, 0.5) is 22.0 Å². The minimum absolute atomic E-state index is 0.141. The molecule has 0 N–H and O–H groups in total. The first kappa shape index (κ1) is 13.1. The SMILES string of the molecule is C=C(C)C(=O)CC(F)C(F)(F)C(F)F. The Morgan fingerprint density at radius 3 is 2.07 bits per heavy atom. The number of Topliss-reactive ketones (excluding diaryl/α,β-unsaturated/α-hetero) is 1. The molecule has 0 bridgehead atoms. The maximum Gasteiger partial charge on any atom is 0.338 e. The van der Waals surface area contributed by atoms with Crippen molar-refractivity contribution in [2.45, 2.75) is 31.9 Å². The van der Waals surface area contributed by atoms with Gasteiger partial charge >= 0.3 is 12.3 Å². The Bertz CT molecular complexity index is 236. The molecule has 0 fully saturated rings. The van der Waals surface area contributed by atoms with E-state index in [1.54, 1.807) is 0 Å². The zero-order valence-corrected chi connectivity index (χ0v) is 7.37. The Balaban J connectivity index is 4.41. The molecule has 0 aromatic rings. The van der Waals surface area contributed by atoms with Crippen molar-refractivity contribution in [1.82, 2.24) is 0 Å². The van der Waals surface area contributed by atoms with Gasteiger partial charge in [-0.1, -0.05) is 6.58 Å². The molecular weight excluding hydrogens is 207 g/mol. The summed E-state index contributed by atoms with van der Waals surface area (Å²) >= 11 is 0. The van der Waals surface area contributed by atoms with Crippen LogP contribution in [0, 0.1) is 0 Å². The maximum atomic E-state index is 12.6. The van der Waals surface area contributed by atoms with Gasteiger partial charge in [-0.3, -0.25) is 4.79 Å². The third kappa shape index (κ3) is 3.08. The molecule has 0 rings (SSSR count). The molecule has 0 spiro atoms. The summed E-state index contributed by atoms with van der Waals surface area (Å²) in [6.45, 7) is 4.28. The summed E-state index contributed by atoms with van der Waals surface area (Å²) in [4.78, 5) is 10.7. The van der Waals surface area contributed by atoms with Crippen LogP contribution in [0.15, 0.2) is 12.2 Å². The number of hydrogen-bond donors (Lipinski definition) is 0. The fraction of sp³-hybridized carbons (Fsp3) is 0.625. The first-order chi connectivity index (χ1) is 6.19. The second kappa shape index (κ2) is 4.52. The quantitative estimate of drug-likeness (QED) is 0.510. The average Bonchev–Trinajstić information content (AvgIpc) is 2.03. The summed E-state index contributed by atoms with van der Waals surface area (Å²) in [7, 11) is 0. The third-order valence-corrected chi connectivity index (χ3v) is 1.55. The smallest absolute Gasteiger partial charge is 0.294 e. The molecule has 1 nitrogen and oxygen atoms in total. The van der Waals surface area contributed by atoms with Crippen molar-refractivity contribution in [3.8, 4) is 0 Å². The highest BCUT2D eigenvalue weighted by Gasteiger charge is 2.49. The second-order valence-corrected chi connectivity index (χ2v) is 2.85. The van der Waals surface area contributed by atoms with Crippen LogP contribution in [0.3, 0.4) is 0 Å². The summed E-state index contributed by atoms with van der Waals surface area (Å²) in [5.74, 6) is -5.77. The zero-order valence-electron chi connectivity index (χ0n) is 7.37. The molecule has 0 saturated carbocycles. The minimum Gasteiger partial charge on any atom is -0.294 e. The van der Waals surface area contributed by atoms with E-state index >= 15 is 0 Å². The molecule has 0 heterocycles. The molecule has 0 aromatic heterocycles. The van der Waals surface area contributed by atoms with Gasteiger partial charge in [-0.2, -0.15) is 8.78 Å². The van der Waals surface area contributed by atoms with E-state index < -0.39 is 30.7 Å². The zero-order chi connectivity index (χ0) is 11.5. The molecule has 1 unspecified atom stereocenters. The molecule has 0 aliphatic rings. The average molecular weight is 216 g/mol. The largest absolute Gasteiger partial charge is 0.338 e.